The number of nitrogens with one attached hydrogen (secondary N) is 2. The molecule has 6 nitrogen and oxygen atoms in total. The van der Waals surface area contributed by atoms with E-state index in [1.165, 1.54) is 0 Å². The van der Waals surface area contributed by atoms with Gasteiger partial charge < -0.3 is 15.4 Å². The van der Waals surface area contributed by atoms with Crippen molar-refractivity contribution in [1.82, 2.24) is 15.3 Å². The Morgan fingerprint density at radius 3 is 2.80 bits per heavy atom. The highest BCUT2D eigenvalue weighted by Gasteiger charge is 2.10. The minimum atomic E-state index is -0.181. The molecule has 0 spiro atoms. The van der Waals surface area contributed by atoms with E-state index in [1.807, 2.05) is 0 Å². The van der Waals surface area contributed by atoms with E-state index in [4.69, 9.17) is 4.74 Å². The fourth-order valence-corrected chi connectivity index (χ4v) is 1.59. The van der Waals surface area contributed by atoms with Crippen LogP contribution in [0.5, 0.6) is 0 Å². The normalized spacial score (nSPS) is 10.7. The van der Waals surface area contributed by atoms with Crippen molar-refractivity contribution in [1.29, 1.82) is 0 Å². The molecule has 0 aromatic carbocycles. The second kappa shape index (κ2) is 8.47. The number of anilines is 1. The molecule has 0 fully saturated rings. The van der Waals surface area contributed by atoms with Gasteiger partial charge in [0, 0.05) is 32.9 Å². The molecule has 0 radical (unpaired) electrons. The summed E-state index contributed by atoms with van der Waals surface area (Å²) in [6, 6.07) is 1.68. The zero-order valence-corrected chi connectivity index (χ0v) is 12.7. The summed E-state index contributed by atoms with van der Waals surface area (Å²) in [6.07, 6.45) is 0.783. The van der Waals surface area contributed by atoms with Crippen LogP contribution in [-0.2, 0) is 4.74 Å². The Hall–Kier alpha value is -1.69. The number of ether oxygens (including phenoxy) is 1. The zero-order valence-electron chi connectivity index (χ0n) is 12.7. The van der Waals surface area contributed by atoms with Crippen LogP contribution in [0.15, 0.2) is 6.07 Å². The van der Waals surface area contributed by atoms with Gasteiger partial charge in [-0.1, -0.05) is 13.8 Å². The number of carbonyl (C=O) groups excluding carboxylic acids is 1. The van der Waals surface area contributed by atoms with Gasteiger partial charge in [-0.05, 0) is 19.3 Å². The van der Waals surface area contributed by atoms with Gasteiger partial charge in [0.25, 0.3) is 5.91 Å². The van der Waals surface area contributed by atoms with Crippen molar-refractivity contribution < 1.29 is 9.53 Å². The van der Waals surface area contributed by atoms with Gasteiger partial charge in [-0.15, -0.1) is 0 Å². The standard InChI is InChI=1S/C14H24N4O2/c1-10(2)9-16-13-8-12(17-11(3)18-13)14(19)15-6-5-7-20-4/h8,10H,5-7,9H2,1-4H3,(H,15,19)(H,16,17,18). The van der Waals surface area contributed by atoms with E-state index in [0.717, 1.165) is 13.0 Å². The van der Waals surface area contributed by atoms with Crippen molar-refractivity contribution in [2.45, 2.75) is 27.2 Å². The number of methoxy groups -OCH3 is 1. The van der Waals surface area contributed by atoms with E-state index in [2.05, 4.69) is 34.4 Å². The highest BCUT2D eigenvalue weighted by atomic mass is 16.5. The first-order valence-corrected chi connectivity index (χ1v) is 6.89. The fraction of sp³-hybridized carbons (Fsp3) is 0.643. The molecule has 2 N–H and O–H groups in total. The molecule has 1 rings (SSSR count). The maximum absolute atomic E-state index is 12.0. The third-order valence-corrected chi connectivity index (χ3v) is 2.57. The molecule has 0 saturated carbocycles. The number of hydrogen-bond donors (Lipinski definition) is 2. The maximum atomic E-state index is 12.0. The average Bonchev–Trinajstić information content (AvgIpc) is 2.40. The minimum absolute atomic E-state index is 0.181. The molecule has 0 aliphatic carbocycles. The predicted molar refractivity (Wildman–Crippen MR) is 78.9 cm³/mol. The van der Waals surface area contributed by atoms with E-state index in [-0.39, 0.29) is 5.91 Å². The molecule has 0 saturated heterocycles. The van der Waals surface area contributed by atoms with Crippen LogP contribution in [0.1, 0.15) is 36.6 Å². The molecule has 1 amide bonds. The quantitative estimate of drug-likeness (QED) is 0.708. The average molecular weight is 280 g/mol. The monoisotopic (exact) mass is 280 g/mol. The first kappa shape index (κ1) is 16.4. The molecule has 0 atom stereocenters. The summed E-state index contributed by atoms with van der Waals surface area (Å²) in [4.78, 5) is 20.4. The first-order chi connectivity index (χ1) is 9.52. The molecule has 1 heterocycles. The summed E-state index contributed by atoms with van der Waals surface area (Å²) in [6.45, 7) is 8.03. The summed E-state index contributed by atoms with van der Waals surface area (Å²) >= 11 is 0. The van der Waals surface area contributed by atoms with Gasteiger partial charge >= 0.3 is 0 Å². The van der Waals surface area contributed by atoms with Crippen LogP contribution in [0, 0.1) is 12.8 Å². The number of aryl methyl sites for hydroxylation is 1. The Morgan fingerprint density at radius 2 is 2.15 bits per heavy atom. The lowest BCUT2D eigenvalue weighted by Gasteiger charge is -2.10. The van der Waals surface area contributed by atoms with Crippen molar-refractivity contribution in [3.05, 3.63) is 17.6 Å². The molecule has 1 aromatic rings. The third-order valence-electron chi connectivity index (χ3n) is 2.57. The van der Waals surface area contributed by atoms with Crippen LogP contribution in [0.25, 0.3) is 0 Å². The van der Waals surface area contributed by atoms with Gasteiger partial charge in [-0.25, -0.2) is 9.97 Å². The Labute approximate surface area is 120 Å². The Morgan fingerprint density at radius 1 is 1.40 bits per heavy atom. The van der Waals surface area contributed by atoms with Crippen molar-refractivity contribution in [2.24, 2.45) is 5.92 Å². The van der Waals surface area contributed by atoms with E-state index >= 15 is 0 Å². The second-order valence-electron chi connectivity index (χ2n) is 5.06. The second-order valence-corrected chi connectivity index (χ2v) is 5.06. The Balaban J connectivity index is 2.62. The predicted octanol–water partition coefficient (Wildman–Crippen LogP) is 1.62. The van der Waals surface area contributed by atoms with E-state index < -0.39 is 0 Å². The summed E-state index contributed by atoms with van der Waals surface area (Å²) in [5, 5.41) is 6.02. The molecule has 1 aromatic heterocycles. The highest BCUT2D eigenvalue weighted by molar-refractivity contribution is 5.92. The number of hydrogen-bond acceptors (Lipinski definition) is 5. The molecule has 112 valence electrons. The fourth-order valence-electron chi connectivity index (χ4n) is 1.59. The smallest absolute Gasteiger partial charge is 0.270 e. The van der Waals surface area contributed by atoms with Crippen LogP contribution in [0.4, 0.5) is 5.82 Å². The van der Waals surface area contributed by atoms with Crippen LogP contribution in [-0.4, -0.2) is 42.7 Å². The molecular weight excluding hydrogens is 256 g/mol. The lowest BCUT2D eigenvalue weighted by Crippen LogP contribution is -2.26. The van der Waals surface area contributed by atoms with Crippen LogP contribution < -0.4 is 10.6 Å². The number of aromatic nitrogens is 2. The lowest BCUT2D eigenvalue weighted by molar-refractivity contribution is 0.0943. The number of nitrogens with zero attached hydrogens (tertiary/aromatic N) is 2. The summed E-state index contributed by atoms with van der Waals surface area (Å²) < 4.78 is 4.93. The van der Waals surface area contributed by atoms with Gasteiger partial charge in [0.15, 0.2) is 0 Å². The van der Waals surface area contributed by atoms with Gasteiger partial charge in [0.1, 0.15) is 17.3 Å². The number of rotatable bonds is 8. The summed E-state index contributed by atoms with van der Waals surface area (Å²) in [5.41, 5.74) is 0.390. The number of carbonyl (C=O) groups is 1. The maximum Gasteiger partial charge on any atom is 0.270 e. The summed E-state index contributed by atoms with van der Waals surface area (Å²) in [5.74, 6) is 1.60. The van der Waals surface area contributed by atoms with Crippen molar-refractivity contribution in [2.75, 3.05) is 32.1 Å². The van der Waals surface area contributed by atoms with Crippen LogP contribution in [0.3, 0.4) is 0 Å². The first-order valence-electron chi connectivity index (χ1n) is 6.89. The van der Waals surface area contributed by atoms with Crippen molar-refractivity contribution in [3.8, 4) is 0 Å². The van der Waals surface area contributed by atoms with E-state index in [9.17, 15) is 4.79 Å². The Bertz CT molecular complexity index is 435. The zero-order chi connectivity index (χ0) is 15.0. The van der Waals surface area contributed by atoms with Gasteiger partial charge in [0.05, 0.1) is 0 Å². The van der Waals surface area contributed by atoms with Crippen molar-refractivity contribution >= 4 is 11.7 Å². The lowest BCUT2D eigenvalue weighted by atomic mass is 10.2. The van der Waals surface area contributed by atoms with E-state index in [1.54, 1.807) is 20.1 Å². The van der Waals surface area contributed by atoms with Crippen LogP contribution in [0.2, 0.25) is 0 Å². The molecule has 0 aliphatic heterocycles. The highest BCUT2D eigenvalue weighted by Crippen LogP contribution is 2.07. The SMILES string of the molecule is COCCCNC(=O)c1cc(NCC(C)C)nc(C)n1. The molecule has 0 aliphatic rings. The van der Waals surface area contributed by atoms with E-state index in [0.29, 0.717) is 36.4 Å². The van der Waals surface area contributed by atoms with Gasteiger partial charge in [-0.2, -0.15) is 0 Å². The third kappa shape index (κ3) is 5.97. The molecule has 20 heavy (non-hydrogen) atoms. The minimum Gasteiger partial charge on any atom is -0.385 e. The largest absolute Gasteiger partial charge is 0.385 e. The molecule has 0 unspecified atom stereocenters. The van der Waals surface area contributed by atoms with Crippen LogP contribution >= 0.6 is 0 Å². The molecule has 6 heteroatoms. The topological polar surface area (TPSA) is 76.1 Å². The summed E-state index contributed by atoms with van der Waals surface area (Å²) in [7, 11) is 1.64. The van der Waals surface area contributed by atoms with Gasteiger partial charge in [-0.3, -0.25) is 4.79 Å². The van der Waals surface area contributed by atoms with Gasteiger partial charge in [0.2, 0.25) is 0 Å². The number of amides is 1. The molecular formula is C14H24N4O2. The van der Waals surface area contributed by atoms with Crippen molar-refractivity contribution in [3.63, 3.8) is 0 Å². The molecule has 0 bridgehead atoms. The Kier molecular flexibility index (Phi) is 6.93.